The van der Waals surface area contributed by atoms with Crippen molar-refractivity contribution >= 4 is 22.5 Å². The summed E-state index contributed by atoms with van der Waals surface area (Å²) in [5.74, 6) is 1.10. The number of ether oxygens (including phenoxy) is 1. The first-order valence-corrected chi connectivity index (χ1v) is 14.0. The van der Waals surface area contributed by atoms with Crippen LogP contribution < -0.4 is 0 Å². The Labute approximate surface area is 238 Å². The van der Waals surface area contributed by atoms with E-state index < -0.39 is 0 Å². The van der Waals surface area contributed by atoms with E-state index in [0.29, 0.717) is 13.1 Å². The highest BCUT2D eigenvalue weighted by molar-refractivity contribution is 5.86. The van der Waals surface area contributed by atoms with Gasteiger partial charge in [-0.3, -0.25) is 9.38 Å². The second kappa shape index (κ2) is 10.8. The van der Waals surface area contributed by atoms with Gasteiger partial charge in [0.05, 0.1) is 28.6 Å². The molecular formula is C34H29N5O2. The molecule has 3 aromatic heterocycles. The number of carbonyl (C=O) groups is 1. The van der Waals surface area contributed by atoms with E-state index in [1.54, 1.807) is 11.1 Å². The quantitative estimate of drug-likeness (QED) is 0.233. The van der Waals surface area contributed by atoms with Crippen molar-refractivity contribution in [3.05, 3.63) is 121 Å². The van der Waals surface area contributed by atoms with E-state index in [9.17, 15) is 4.79 Å². The van der Waals surface area contributed by atoms with E-state index >= 15 is 0 Å². The van der Waals surface area contributed by atoms with Crippen LogP contribution in [0.5, 0.6) is 0 Å². The minimum absolute atomic E-state index is 0.226. The molecule has 1 aliphatic rings. The maximum Gasteiger partial charge on any atom is 0.410 e. The highest BCUT2D eigenvalue weighted by Gasteiger charge is 2.28. The lowest BCUT2D eigenvalue weighted by Crippen LogP contribution is -2.38. The zero-order valence-electron chi connectivity index (χ0n) is 22.6. The summed E-state index contributed by atoms with van der Waals surface area (Å²) in [6, 6.07) is 30.5. The topological polar surface area (TPSA) is 72.6 Å². The summed E-state index contributed by atoms with van der Waals surface area (Å²) in [5, 5.41) is 1.09. The summed E-state index contributed by atoms with van der Waals surface area (Å²) in [6.07, 6.45) is 7.03. The Morgan fingerprint density at radius 1 is 0.854 bits per heavy atom. The molecule has 7 nitrogen and oxygen atoms in total. The summed E-state index contributed by atoms with van der Waals surface area (Å²) >= 11 is 0. The molecule has 0 spiro atoms. The predicted octanol–water partition coefficient (Wildman–Crippen LogP) is 7.13. The molecule has 1 saturated heterocycles. The van der Waals surface area contributed by atoms with Crippen LogP contribution in [0.25, 0.3) is 39.1 Å². The number of pyridine rings is 1. The fourth-order valence-electron chi connectivity index (χ4n) is 5.64. The van der Waals surface area contributed by atoms with Crippen LogP contribution in [0.2, 0.25) is 0 Å². The lowest BCUT2D eigenvalue weighted by Gasteiger charge is -2.30. The van der Waals surface area contributed by atoms with Crippen molar-refractivity contribution in [1.29, 1.82) is 0 Å². The van der Waals surface area contributed by atoms with E-state index in [2.05, 4.69) is 51.8 Å². The van der Waals surface area contributed by atoms with E-state index in [1.165, 1.54) is 0 Å². The van der Waals surface area contributed by atoms with Crippen LogP contribution in [0.3, 0.4) is 0 Å². The highest BCUT2D eigenvalue weighted by atomic mass is 16.6. The molecule has 0 unspecified atom stereocenters. The highest BCUT2D eigenvalue weighted by Crippen LogP contribution is 2.34. The number of rotatable bonds is 5. The SMILES string of the molecule is O=C(OCc1ccccc1)N1CCC(c2nc(-c3ccc4ccc(-c5ccccc5)nc4c3)n3ccncc23)CC1. The van der Waals surface area contributed by atoms with Gasteiger partial charge >= 0.3 is 6.09 Å². The van der Waals surface area contributed by atoms with Crippen molar-refractivity contribution in [1.82, 2.24) is 24.3 Å². The molecule has 3 aromatic carbocycles. The summed E-state index contributed by atoms with van der Waals surface area (Å²) in [5.41, 5.74) is 6.98. The third-order valence-electron chi connectivity index (χ3n) is 7.84. The summed E-state index contributed by atoms with van der Waals surface area (Å²) < 4.78 is 7.68. The van der Waals surface area contributed by atoms with Gasteiger partial charge in [-0.05, 0) is 30.5 Å². The maximum atomic E-state index is 12.7. The van der Waals surface area contributed by atoms with Crippen LogP contribution in [-0.4, -0.2) is 43.4 Å². The second-order valence-corrected chi connectivity index (χ2v) is 10.4. The molecule has 1 amide bonds. The lowest BCUT2D eigenvalue weighted by atomic mass is 9.93. The number of amides is 1. The fourth-order valence-corrected chi connectivity index (χ4v) is 5.64. The van der Waals surface area contributed by atoms with Gasteiger partial charge < -0.3 is 9.64 Å². The molecule has 41 heavy (non-hydrogen) atoms. The smallest absolute Gasteiger partial charge is 0.410 e. The normalized spacial score (nSPS) is 14.0. The summed E-state index contributed by atoms with van der Waals surface area (Å²) in [6.45, 7) is 1.55. The third-order valence-corrected chi connectivity index (χ3v) is 7.84. The molecule has 7 heteroatoms. The Hall–Kier alpha value is -5.04. The minimum Gasteiger partial charge on any atom is -0.445 e. The van der Waals surface area contributed by atoms with Gasteiger partial charge in [-0.1, -0.05) is 78.9 Å². The largest absolute Gasteiger partial charge is 0.445 e. The molecule has 4 heterocycles. The first kappa shape index (κ1) is 25.0. The van der Waals surface area contributed by atoms with Gasteiger partial charge in [0, 0.05) is 47.9 Å². The number of fused-ring (bicyclic) bond motifs is 2. The average Bonchev–Trinajstić information content (AvgIpc) is 3.44. The van der Waals surface area contributed by atoms with Crippen LogP contribution in [-0.2, 0) is 11.3 Å². The van der Waals surface area contributed by atoms with Crippen LogP contribution in [0.1, 0.15) is 30.0 Å². The van der Waals surface area contributed by atoms with E-state index in [-0.39, 0.29) is 18.6 Å². The Morgan fingerprint density at radius 3 is 2.41 bits per heavy atom. The van der Waals surface area contributed by atoms with Gasteiger partial charge in [0.2, 0.25) is 0 Å². The Balaban J connectivity index is 1.13. The Kier molecular flexibility index (Phi) is 6.61. The van der Waals surface area contributed by atoms with Crippen molar-refractivity contribution in [2.75, 3.05) is 13.1 Å². The van der Waals surface area contributed by atoms with Crippen molar-refractivity contribution in [3.63, 3.8) is 0 Å². The van der Waals surface area contributed by atoms with E-state index in [1.807, 2.05) is 60.9 Å². The van der Waals surface area contributed by atoms with Gasteiger partial charge in [0.15, 0.2) is 0 Å². The number of hydrogen-bond donors (Lipinski definition) is 0. The molecule has 0 atom stereocenters. The first-order chi connectivity index (χ1) is 20.2. The Morgan fingerprint density at radius 2 is 1.61 bits per heavy atom. The summed E-state index contributed by atoms with van der Waals surface area (Å²) in [4.78, 5) is 29.1. The molecule has 0 aliphatic carbocycles. The maximum absolute atomic E-state index is 12.7. The molecule has 0 bridgehead atoms. The number of hydrogen-bond acceptors (Lipinski definition) is 5. The zero-order chi connectivity index (χ0) is 27.6. The lowest BCUT2D eigenvalue weighted by molar-refractivity contribution is 0.0869. The van der Waals surface area contributed by atoms with Crippen LogP contribution in [0.4, 0.5) is 4.79 Å². The number of piperidine rings is 1. The fraction of sp³-hybridized carbons (Fsp3) is 0.176. The van der Waals surface area contributed by atoms with E-state index in [4.69, 9.17) is 14.7 Å². The average molecular weight is 540 g/mol. The molecule has 1 fully saturated rings. The number of aromatic nitrogens is 4. The van der Waals surface area contributed by atoms with Crippen molar-refractivity contribution in [3.8, 4) is 22.6 Å². The predicted molar refractivity (Wildman–Crippen MR) is 159 cm³/mol. The van der Waals surface area contributed by atoms with Crippen LogP contribution in [0.15, 0.2) is 110 Å². The zero-order valence-corrected chi connectivity index (χ0v) is 22.6. The van der Waals surface area contributed by atoms with Crippen molar-refractivity contribution in [2.24, 2.45) is 0 Å². The van der Waals surface area contributed by atoms with Gasteiger partial charge in [-0.2, -0.15) is 0 Å². The number of nitrogens with zero attached hydrogens (tertiary/aromatic N) is 5. The van der Waals surface area contributed by atoms with E-state index in [0.717, 1.165) is 63.2 Å². The Bertz CT molecular complexity index is 1830. The third kappa shape index (κ3) is 5.02. The molecule has 202 valence electrons. The van der Waals surface area contributed by atoms with Gasteiger partial charge in [0.25, 0.3) is 0 Å². The van der Waals surface area contributed by atoms with Crippen molar-refractivity contribution < 1.29 is 9.53 Å². The number of benzene rings is 3. The first-order valence-electron chi connectivity index (χ1n) is 14.0. The van der Waals surface area contributed by atoms with Gasteiger partial charge in [-0.25, -0.2) is 14.8 Å². The monoisotopic (exact) mass is 539 g/mol. The van der Waals surface area contributed by atoms with Crippen LogP contribution in [0, 0.1) is 0 Å². The standard InChI is InChI=1S/C34H29N5O2/c40-34(41-23-24-7-3-1-4-8-24)38-18-15-27(16-19-38)32-31-22-35-17-20-39(31)33(37-32)28-12-11-26-13-14-29(36-30(26)21-28)25-9-5-2-6-10-25/h1-14,17,20-22,27H,15-16,18-19,23H2. The second-order valence-electron chi connectivity index (χ2n) is 10.4. The molecule has 0 N–H and O–H groups in total. The molecule has 1 aliphatic heterocycles. The molecule has 0 saturated carbocycles. The van der Waals surface area contributed by atoms with Gasteiger partial charge in [-0.15, -0.1) is 0 Å². The molecule has 6 aromatic rings. The number of imidazole rings is 1. The summed E-state index contributed by atoms with van der Waals surface area (Å²) in [7, 11) is 0. The van der Waals surface area contributed by atoms with Gasteiger partial charge in [0.1, 0.15) is 12.4 Å². The van der Waals surface area contributed by atoms with Crippen LogP contribution >= 0.6 is 0 Å². The number of likely N-dealkylation sites (tertiary alicyclic amines) is 1. The number of carbonyl (C=O) groups excluding carboxylic acids is 1. The molecular weight excluding hydrogens is 510 g/mol. The minimum atomic E-state index is -0.261. The molecule has 7 rings (SSSR count). The van der Waals surface area contributed by atoms with Crippen molar-refractivity contribution in [2.45, 2.75) is 25.4 Å². The molecule has 0 radical (unpaired) electrons.